The molecule has 2 heterocycles. The number of nitrogens with zero attached hydrogens (tertiary/aromatic N) is 3. The molecule has 3 aromatic rings. The maximum absolute atomic E-state index is 12.9. The van der Waals surface area contributed by atoms with Gasteiger partial charge in [-0.25, -0.2) is 10.4 Å². The van der Waals surface area contributed by atoms with Crippen molar-refractivity contribution in [2.45, 2.75) is 12.8 Å². The van der Waals surface area contributed by atoms with E-state index in [1.54, 1.807) is 12.4 Å². The number of allylic oxidation sites excluding steroid dienone is 2. The van der Waals surface area contributed by atoms with Gasteiger partial charge in [0.15, 0.2) is 0 Å². The molecular formula is C22H18N4O. The van der Waals surface area contributed by atoms with Gasteiger partial charge in [-0.1, -0.05) is 30.4 Å². The average molecular weight is 354 g/mol. The molecule has 0 spiro atoms. The molecule has 1 saturated carbocycles. The normalized spacial score (nSPS) is 21.9. The summed E-state index contributed by atoms with van der Waals surface area (Å²) in [5.41, 5.74) is 6.89. The van der Waals surface area contributed by atoms with Gasteiger partial charge in [-0.3, -0.25) is 9.78 Å². The van der Waals surface area contributed by atoms with Crippen LogP contribution in [0, 0.1) is 11.8 Å². The number of pyridine rings is 2. The SMILES string of the molecule is O=C(N/N=C1\CC2C=CCC12)c1cc(-c2ccncc2)nc2ccccc12. The topological polar surface area (TPSA) is 67.2 Å². The quantitative estimate of drug-likeness (QED) is 0.571. The Kier molecular flexibility index (Phi) is 3.78. The number of carbonyl (C=O) groups is 1. The van der Waals surface area contributed by atoms with Crippen molar-refractivity contribution in [2.75, 3.05) is 0 Å². The van der Waals surface area contributed by atoms with Gasteiger partial charge in [0, 0.05) is 35.0 Å². The highest BCUT2D eigenvalue weighted by Gasteiger charge is 2.38. The average Bonchev–Trinajstić information content (AvgIpc) is 3.08. The van der Waals surface area contributed by atoms with Crippen LogP contribution in [0.25, 0.3) is 22.2 Å². The fourth-order valence-electron chi connectivity index (χ4n) is 3.88. The molecule has 2 unspecified atom stereocenters. The van der Waals surface area contributed by atoms with E-state index in [4.69, 9.17) is 4.98 Å². The van der Waals surface area contributed by atoms with E-state index in [-0.39, 0.29) is 5.91 Å². The maximum atomic E-state index is 12.9. The Morgan fingerprint density at radius 1 is 1.15 bits per heavy atom. The summed E-state index contributed by atoms with van der Waals surface area (Å²) in [5, 5.41) is 5.23. The van der Waals surface area contributed by atoms with Gasteiger partial charge >= 0.3 is 0 Å². The summed E-state index contributed by atoms with van der Waals surface area (Å²) in [6, 6.07) is 13.3. The molecule has 0 saturated heterocycles. The molecule has 1 N–H and O–H groups in total. The number of hydrogen-bond donors (Lipinski definition) is 1. The van der Waals surface area contributed by atoms with Gasteiger partial charge in [0.25, 0.3) is 5.91 Å². The zero-order chi connectivity index (χ0) is 18.2. The smallest absolute Gasteiger partial charge is 0.267 e. The number of aromatic nitrogens is 2. The predicted octanol–water partition coefficient (Wildman–Crippen LogP) is 3.98. The molecule has 0 bridgehead atoms. The molecule has 2 aliphatic rings. The van der Waals surface area contributed by atoms with Crippen LogP contribution in [0.3, 0.4) is 0 Å². The van der Waals surface area contributed by atoms with Gasteiger partial charge in [-0.15, -0.1) is 0 Å². The highest BCUT2D eigenvalue weighted by atomic mass is 16.2. The second-order valence-corrected chi connectivity index (χ2v) is 6.99. The van der Waals surface area contributed by atoms with Gasteiger partial charge < -0.3 is 0 Å². The molecule has 1 aromatic carbocycles. The lowest BCUT2D eigenvalue weighted by atomic mass is 9.74. The molecule has 27 heavy (non-hydrogen) atoms. The fraction of sp³-hybridized carbons (Fsp3) is 0.182. The van der Waals surface area contributed by atoms with E-state index < -0.39 is 0 Å². The highest BCUT2D eigenvalue weighted by molar-refractivity contribution is 6.07. The van der Waals surface area contributed by atoms with E-state index in [1.807, 2.05) is 42.5 Å². The predicted molar refractivity (Wildman–Crippen MR) is 105 cm³/mol. The molecule has 0 radical (unpaired) electrons. The number of hydrazone groups is 1. The van der Waals surface area contributed by atoms with Crippen LogP contribution >= 0.6 is 0 Å². The first-order chi connectivity index (χ1) is 13.3. The van der Waals surface area contributed by atoms with E-state index in [0.717, 1.165) is 40.7 Å². The Hall–Kier alpha value is -3.34. The number of amides is 1. The number of benzene rings is 1. The molecular weight excluding hydrogens is 336 g/mol. The number of rotatable bonds is 3. The van der Waals surface area contributed by atoms with Crippen molar-refractivity contribution < 1.29 is 4.79 Å². The Labute approximate surface area is 156 Å². The lowest BCUT2D eigenvalue weighted by Gasteiger charge is -2.31. The molecule has 2 aliphatic carbocycles. The molecule has 2 aromatic heterocycles. The summed E-state index contributed by atoms with van der Waals surface area (Å²) in [4.78, 5) is 21.7. The van der Waals surface area contributed by atoms with Crippen molar-refractivity contribution in [3.8, 4) is 11.3 Å². The van der Waals surface area contributed by atoms with Gasteiger partial charge in [0.2, 0.25) is 0 Å². The Bertz CT molecular complexity index is 1090. The fourth-order valence-corrected chi connectivity index (χ4v) is 3.88. The molecule has 132 valence electrons. The van der Waals surface area contributed by atoms with Crippen LogP contribution in [0.5, 0.6) is 0 Å². The minimum atomic E-state index is -0.203. The van der Waals surface area contributed by atoms with Gasteiger partial charge in [-0.2, -0.15) is 5.10 Å². The van der Waals surface area contributed by atoms with E-state index in [0.29, 0.717) is 17.4 Å². The molecule has 5 nitrogen and oxygen atoms in total. The van der Waals surface area contributed by atoms with Gasteiger partial charge in [-0.05, 0) is 43.0 Å². The first kappa shape index (κ1) is 15.9. The largest absolute Gasteiger partial charge is 0.272 e. The third kappa shape index (κ3) is 2.81. The lowest BCUT2D eigenvalue weighted by molar-refractivity contribution is 0.0955. The van der Waals surface area contributed by atoms with E-state index in [9.17, 15) is 4.79 Å². The monoisotopic (exact) mass is 354 g/mol. The second-order valence-electron chi connectivity index (χ2n) is 6.99. The summed E-state index contributed by atoms with van der Waals surface area (Å²) < 4.78 is 0. The number of nitrogens with one attached hydrogen (secondary N) is 1. The Morgan fingerprint density at radius 2 is 2.00 bits per heavy atom. The van der Waals surface area contributed by atoms with Crippen LogP contribution in [0.4, 0.5) is 0 Å². The first-order valence-corrected chi connectivity index (χ1v) is 9.13. The van der Waals surface area contributed by atoms with E-state index in [2.05, 4.69) is 27.7 Å². The number of carbonyl (C=O) groups excluding carboxylic acids is 1. The molecule has 0 aliphatic heterocycles. The number of fused-ring (bicyclic) bond motifs is 2. The van der Waals surface area contributed by atoms with Gasteiger partial charge in [0.1, 0.15) is 0 Å². The Balaban J connectivity index is 1.49. The maximum Gasteiger partial charge on any atom is 0.272 e. The summed E-state index contributed by atoms with van der Waals surface area (Å²) in [7, 11) is 0. The van der Waals surface area contributed by atoms with Crippen LogP contribution in [0.15, 0.2) is 72.1 Å². The Morgan fingerprint density at radius 3 is 2.85 bits per heavy atom. The summed E-state index contributed by atoms with van der Waals surface area (Å²) in [5.74, 6) is 0.887. The van der Waals surface area contributed by atoms with Crippen LogP contribution < -0.4 is 5.43 Å². The van der Waals surface area contributed by atoms with Crippen LogP contribution in [0.2, 0.25) is 0 Å². The van der Waals surface area contributed by atoms with Crippen LogP contribution in [-0.4, -0.2) is 21.6 Å². The second kappa shape index (κ2) is 6.43. The van der Waals surface area contributed by atoms with Crippen molar-refractivity contribution in [3.05, 3.63) is 72.6 Å². The zero-order valence-electron chi connectivity index (χ0n) is 14.7. The highest BCUT2D eigenvalue weighted by Crippen LogP contribution is 2.40. The lowest BCUT2D eigenvalue weighted by Crippen LogP contribution is -2.35. The minimum Gasteiger partial charge on any atom is -0.267 e. The van der Waals surface area contributed by atoms with Crippen LogP contribution in [0.1, 0.15) is 23.2 Å². The summed E-state index contributed by atoms with van der Waals surface area (Å²) in [6.07, 6.45) is 9.88. The zero-order valence-corrected chi connectivity index (χ0v) is 14.7. The van der Waals surface area contributed by atoms with Crippen LogP contribution in [-0.2, 0) is 0 Å². The van der Waals surface area contributed by atoms with Crippen molar-refractivity contribution in [3.63, 3.8) is 0 Å². The third-order valence-electron chi connectivity index (χ3n) is 5.40. The minimum absolute atomic E-state index is 0.203. The number of para-hydroxylation sites is 1. The van der Waals surface area contributed by atoms with Crippen molar-refractivity contribution in [2.24, 2.45) is 16.9 Å². The molecule has 2 atom stereocenters. The van der Waals surface area contributed by atoms with Gasteiger partial charge in [0.05, 0.1) is 16.8 Å². The van der Waals surface area contributed by atoms with E-state index in [1.165, 1.54) is 0 Å². The summed E-state index contributed by atoms with van der Waals surface area (Å²) >= 11 is 0. The first-order valence-electron chi connectivity index (χ1n) is 9.13. The molecule has 1 fully saturated rings. The standard InChI is InChI=1S/C22H18N4O/c27-22(26-25-21-12-15-4-3-6-16(15)21)18-13-20(14-8-10-23-11-9-14)24-19-7-2-1-5-17(18)19/h1-5,7-11,13,15-16H,6,12H2,(H,26,27)/b25-21+. The van der Waals surface area contributed by atoms with Crippen molar-refractivity contribution in [1.29, 1.82) is 0 Å². The molecule has 1 amide bonds. The molecule has 5 rings (SSSR count). The van der Waals surface area contributed by atoms with Crippen molar-refractivity contribution >= 4 is 22.5 Å². The third-order valence-corrected chi connectivity index (χ3v) is 5.40. The van der Waals surface area contributed by atoms with Crippen molar-refractivity contribution in [1.82, 2.24) is 15.4 Å². The number of hydrogen-bond acceptors (Lipinski definition) is 4. The summed E-state index contributed by atoms with van der Waals surface area (Å²) in [6.45, 7) is 0. The molecule has 5 heteroatoms. The van der Waals surface area contributed by atoms with E-state index >= 15 is 0 Å².